The number of aromatic amines is 1. The fourth-order valence-electron chi connectivity index (χ4n) is 1.67. The largest absolute Gasteiger partial charge is 0.372 e. The molecule has 2 heterocycles. The molecule has 1 aliphatic heterocycles. The van der Waals surface area contributed by atoms with Crippen LogP contribution in [0.5, 0.6) is 0 Å². The monoisotopic (exact) mass is 194 g/mol. The van der Waals surface area contributed by atoms with Crippen molar-refractivity contribution in [1.29, 1.82) is 0 Å². The molecule has 0 bridgehead atoms. The zero-order valence-corrected chi connectivity index (χ0v) is 8.25. The van der Waals surface area contributed by atoms with E-state index < -0.39 is 0 Å². The van der Waals surface area contributed by atoms with Crippen LogP contribution in [0.4, 0.5) is 0 Å². The van der Waals surface area contributed by atoms with Crippen molar-refractivity contribution in [3.05, 3.63) is 17.5 Å². The van der Waals surface area contributed by atoms with Crippen LogP contribution >= 0.6 is 0 Å². The molecular formula is C10H14N2O2. The summed E-state index contributed by atoms with van der Waals surface area (Å²) in [5, 5.41) is 6.80. The van der Waals surface area contributed by atoms with Crippen molar-refractivity contribution in [3.8, 4) is 0 Å². The Balaban J connectivity index is 2.11. The average Bonchev–Trinajstić information content (AvgIpc) is 2.68. The third kappa shape index (κ3) is 1.85. The molecule has 1 N–H and O–H groups in total. The molecular weight excluding hydrogens is 180 g/mol. The summed E-state index contributed by atoms with van der Waals surface area (Å²) in [5.74, 6) is -0.0108. The normalized spacial score (nSPS) is 22.2. The molecule has 1 aromatic rings. The highest BCUT2D eigenvalue weighted by Crippen LogP contribution is 2.26. The molecule has 0 amide bonds. The van der Waals surface area contributed by atoms with Gasteiger partial charge in [0.2, 0.25) is 0 Å². The predicted molar refractivity (Wildman–Crippen MR) is 51.1 cm³/mol. The molecule has 4 heteroatoms. The number of hydrogen-bond donors (Lipinski definition) is 1. The zero-order valence-electron chi connectivity index (χ0n) is 8.25. The van der Waals surface area contributed by atoms with Crippen LogP contribution in [0, 0.1) is 0 Å². The van der Waals surface area contributed by atoms with Crippen molar-refractivity contribution in [2.45, 2.75) is 32.3 Å². The third-order valence-electron chi connectivity index (χ3n) is 2.48. The Kier molecular flexibility index (Phi) is 2.63. The van der Waals surface area contributed by atoms with E-state index in [1.165, 1.54) is 13.3 Å². The second-order valence-electron chi connectivity index (χ2n) is 3.62. The van der Waals surface area contributed by atoms with Crippen LogP contribution in [0.1, 0.15) is 48.5 Å². The van der Waals surface area contributed by atoms with Crippen molar-refractivity contribution in [2.75, 3.05) is 6.61 Å². The van der Waals surface area contributed by atoms with Crippen molar-refractivity contribution >= 4 is 5.78 Å². The summed E-state index contributed by atoms with van der Waals surface area (Å²) in [5.41, 5.74) is 1.42. The quantitative estimate of drug-likeness (QED) is 0.731. The van der Waals surface area contributed by atoms with Crippen molar-refractivity contribution in [1.82, 2.24) is 10.2 Å². The molecule has 1 fully saturated rings. The van der Waals surface area contributed by atoms with Crippen LogP contribution in [0.2, 0.25) is 0 Å². The van der Waals surface area contributed by atoms with Crippen molar-refractivity contribution in [2.24, 2.45) is 0 Å². The van der Waals surface area contributed by atoms with Crippen LogP contribution in [0.3, 0.4) is 0 Å². The van der Waals surface area contributed by atoms with Gasteiger partial charge in [0, 0.05) is 13.5 Å². The number of carbonyl (C=O) groups is 1. The van der Waals surface area contributed by atoms with E-state index in [9.17, 15) is 4.79 Å². The van der Waals surface area contributed by atoms with Gasteiger partial charge >= 0.3 is 0 Å². The van der Waals surface area contributed by atoms with Gasteiger partial charge in [-0.1, -0.05) is 0 Å². The van der Waals surface area contributed by atoms with Gasteiger partial charge in [-0.05, 0) is 25.3 Å². The molecule has 2 rings (SSSR count). The molecule has 1 aromatic heterocycles. The van der Waals surface area contributed by atoms with Crippen molar-refractivity contribution in [3.63, 3.8) is 0 Å². The number of rotatable bonds is 2. The third-order valence-corrected chi connectivity index (χ3v) is 2.48. The van der Waals surface area contributed by atoms with E-state index in [0.717, 1.165) is 25.1 Å². The fourth-order valence-corrected chi connectivity index (χ4v) is 1.67. The summed E-state index contributed by atoms with van der Waals surface area (Å²) in [6.45, 7) is 2.32. The Bertz CT molecular complexity index is 327. The molecule has 1 unspecified atom stereocenters. The molecule has 4 nitrogen and oxygen atoms in total. The Morgan fingerprint density at radius 2 is 2.50 bits per heavy atom. The van der Waals surface area contributed by atoms with Gasteiger partial charge in [0.05, 0.1) is 11.8 Å². The number of H-pyrrole nitrogens is 1. The van der Waals surface area contributed by atoms with E-state index in [2.05, 4.69) is 10.2 Å². The standard InChI is InChI=1S/C10H14N2O2/c1-7(13)8-6-9(12-11-8)10-4-2-3-5-14-10/h6,10H,2-5H2,1H3,(H,11,12). The molecule has 0 spiro atoms. The van der Waals surface area contributed by atoms with Gasteiger partial charge in [0.15, 0.2) is 5.78 Å². The molecule has 0 aromatic carbocycles. The second-order valence-corrected chi connectivity index (χ2v) is 3.62. The lowest BCUT2D eigenvalue weighted by Crippen LogP contribution is -2.11. The summed E-state index contributed by atoms with van der Waals surface area (Å²) in [7, 11) is 0. The Morgan fingerprint density at radius 3 is 3.07 bits per heavy atom. The molecule has 0 saturated carbocycles. The van der Waals surface area contributed by atoms with Crippen molar-refractivity contribution < 1.29 is 9.53 Å². The van der Waals surface area contributed by atoms with Gasteiger partial charge in [-0.15, -0.1) is 0 Å². The van der Waals surface area contributed by atoms with E-state index in [1.807, 2.05) is 0 Å². The van der Waals surface area contributed by atoms with E-state index in [4.69, 9.17) is 4.74 Å². The number of nitrogens with one attached hydrogen (secondary N) is 1. The molecule has 0 radical (unpaired) electrons. The highest BCUT2D eigenvalue weighted by molar-refractivity contribution is 5.92. The summed E-state index contributed by atoms with van der Waals surface area (Å²) in [4.78, 5) is 11.0. The minimum absolute atomic E-state index is 0.0108. The van der Waals surface area contributed by atoms with Gasteiger partial charge in [0.25, 0.3) is 0 Å². The maximum Gasteiger partial charge on any atom is 0.179 e. The Hall–Kier alpha value is -1.16. The number of ether oxygens (including phenoxy) is 1. The zero-order chi connectivity index (χ0) is 9.97. The lowest BCUT2D eigenvalue weighted by Gasteiger charge is -2.20. The topological polar surface area (TPSA) is 55.0 Å². The SMILES string of the molecule is CC(=O)c1cc(C2CCCCO2)[nH]n1. The first-order valence-corrected chi connectivity index (χ1v) is 4.95. The van der Waals surface area contributed by atoms with Crippen LogP contribution < -0.4 is 0 Å². The number of Topliss-reactive ketones (excluding diaryl/α,β-unsaturated/α-hetero) is 1. The minimum Gasteiger partial charge on any atom is -0.372 e. The summed E-state index contributed by atoms with van der Waals surface area (Å²) < 4.78 is 5.57. The van der Waals surface area contributed by atoms with E-state index in [0.29, 0.717) is 5.69 Å². The summed E-state index contributed by atoms with van der Waals surface area (Å²) in [6.07, 6.45) is 3.42. The van der Waals surface area contributed by atoms with Gasteiger partial charge in [-0.25, -0.2) is 0 Å². The Labute approximate surface area is 82.7 Å². The van der Waals surface area contributed by atoms with Crippen LogP contribution in [-0.2, 0) is 4.74 Å². The Morgan fingerprint density at radius 1 is 1.64 bits per heavy atom. The molecule has 1 aliphatic rings. The highest BCUT2D eigenvalue weighted by Gasteiger charge is 2.18. The van der Waals surface area contributed by atoms with Crippen LogP contribution in [0.25, 0.3) is 0 Å². The van der Waals surface area contributed by atoms with Gasteiger partial charge < -0.3 is 4.74 Å². The van der Waals surface area contributed by atoms with Gasteiger partial charge in [-0.3, -0.25) is 9.89 Å². The first kappa shape index (κ1) is 9.40. The number of aromatic nitrogens is 2. The maximum atomic E-state index is 11.0. The van der Waals surface area contributed by atoms with E-state index in [-0.39, 0.29) is 11.9 Å². The molecule has 0 aliphatic carbocycles. The van der Waals surface area contributed by atoms with E-state index >= 15 is 0 Å². The molecule has 1 saturated heterocycles. The maximum absolute atomic E-state index is 11.0. The van der Waals surface area contributed by atoms with Crippen LogP contribution in [-0.4, -0.2) is 22.6 Å². The molecule has 1 atom stereocenters. The molecule has 76 valence electrons. The number of carbonyl (C=O) groups excluding carboxylic acids is 1. The fraction of sp³-hybridized carbons (Fsp3) is 0.600. The van der Waals surface area contributed by atoms with E-state index in [1.54, 1.807) is 6.07 Å². The van der Waals surface area contributed by atoms with Gasteiger partial charge in [0.1, 0.15) is 5.69 Å². The average molecular weight is 194 g/mol. The first-order chi connectivity index (χ1) is 6.77. The summed E-state index contributed by atoms with van der Waals surface area (Å²) >= 11 is 0. The lowest BCUT2D eigenvalue weighted by molar-refractivity contribution is 0.0123. The lowest BCUT2D eigenvalue weighted by atomic mass is 10.1. The molecule has 14 heavy (non-hydrogen) atoms. The number of ketones is 1. The second kappa shape index (κ2) is 3.92. The summed E-state index contributed by atoms with van der Waals surface area (Å²) in [6, 6.07) is 1.79. The highest BCUT2D eigenvalue weighted by atomic mass is 16.5. The number of hydrogen-bond acceptors (Lipinski definition) is 3. The van der Waals surface area contributed by atoms with Gasteiger partial charge in [-0.2, -0.15) is 5.10 Å². The predicted octanol–water partition coefficient (Wildman–Crippen LogP) is 1.85. The number of nitrogens with zero attached hydrogens (tertiary/aromatic N) is 1. The smallest absolute Gasteiger partial charge is 0.179 e. The first-order valence-electron chi connectivity index (χ1n) is 4.95. The van der Waals surface area contributed by atoms with Crippen LogP contribution in [0.15, 0.2) is 6.07 Å². The minimum atomic E-state index is -0.0108.